The Morgan fingerprint density at radius 3 is 3.13 bits per heavy atom. The molecule has 1 unspecified atom stereocenters. The quantitative estimate of drug-likeness (QED) is 0.757. The Kier molecular flexibility index (Phi) is 3.68. The van der Waals surface area contributed by atoms with Crippen molar-refractivity contribution >= 4 is 15.9 Å². The Morgan fingerprint density at radius 2 is 2.33 bits per heavy atom. The third-order valence-corrected chi connectivity index (χ3v) is 4.07. The van der Waals surface area contributed by atoms with Crippen molar-refractivity contribution in [1.82, 2.24) is 0 Å². The third-order valence-electron chi connectivity index (χ3n) is 2.97. The first-order valence-electron chi connectivity index (χ1n) is 5.69. The number of benzene rings is 1. The van der Waals surface area contributed by atoms with E-state index in [9.17, 15) is 0 Å². The summed E-state index contributed by atoms with van der Waals surface area (Å²) in [6, 6.07) is 6.52. The summed E-state index contributed by atoms with van der Waals surface area (Å²) in [7, 11) is 0. The van der Waals surface area contributed by atoms with Gasteiger partial charge in [-0.1, -0.05) is 41.1 Å². The van der Waals surface area contributed by atoms with Crippen molar-refractivity contribution in [3.8, 4) is 5.75 Å². The lowest BCUT2D eigenvalue weighted by Crippen LogP contribution is -1.99. The van der Waals surface area contributed by atoms with Gasteiger partial charge in [0.05, 0.1) is 6.61 Å². The van der Waals surface area contributed by atoms with Crippen LogP contribution in [0.1, 0.15) is 30.9 Å². The Bertz CT molecular complexity index is 335. The average Bonchev–Trinajstić information content (AvgIpc) is 2.74. The van der Waals surface area contributed by atoms with E-state index in [1.165, 1.54) is 24.0 Å². The van der Waals surface area contributed by atoms with Gasteiger partial charge in [-0.2, -0.15) is 0 Å². The van der Waals surface area contributed by atoms with Crippen LogP contribution in [0.5, 0.6) is 5.75 Å². The highest BCUT2D eigenvalue weighted by atomic mass is 79.9. The van der Waals surface area contributed by atoms with Gasteiger partial charge in [0.15, 0.2) is 0 Å². The van der Waals surface area contributed by atoms with Gasteiger partial charge in [0.1, 0.15) is 5.75 Å². The minimum absolute atomic E-state index is 0.634. The lowest BCUT2D eigenvalue weighted by Gasteiger charge is -2.10. The molecule has 0 fully saturated rings. The minimum Gasteiger partial charge on any atom is -0.493 e. The molecule has 15 heavy (non-hydrogen) atoms. The fourth-order valence-corrected chi connectivity index (χ4v) is 2.23. The van der Waals surface area contributed by atoms with Crippen molar-refractivity contribution in [2.75, 3.05) is 6.61 Å². The lowest BCUT2D eigenvalue weighted by molar-refractivity contribution is 0.353. The molecule has 1 aromatic rings. The molecule has 1 heterocycles. The number of hydrogen-bond acceptors (Lipinski definition) is 1. The summed E-state index contributed by atoms with van der Waals surface area (Å²) in [5, 5.41) is 0. The van der Waals surface area contributed by atoms with Crippen LogP contribution >= 0.6 is 15.9 Å². The van der Waals surface area contributed by atoms with Crippen LogP contribution in [-0.4, -0.2) is 11.4 Å². The highest BCUT2D eigenvalue weighted by Crippen LogP contribution is 2.30. The van der Waals surface area contributed by atoms with E-state index < -0.39 is 0 Å². The minimum atomic E-state index is 0.634. The fraction of sp³-hybridized carbons (Fsp3) is 0.538. The first kappa shape index (κ1) is 11.0. The summed E-state index contributed by atoms with van der Waals surface area (Å²) < 4.78 is 5.68. The second kappa shape index (κ2) is 5.02. The van der Waals surface area contributed by atoms with E-state index in [-0.39, 0.29) is 0 Å². The predicted octanol–water partition coefficient (Wildman–Crippen LogP) is 3.73. The molecule has 0 radical (unpaired) electrons. The Morgan fingerprint density at radius 1 is 1.47 bits per heavy atom. The zero-order valence-electron chi connectivity index (χ0n) is 9.13. The van der Waals surface area contributed by atoms with Crippen LogP contribution < -0.4 is 4.74 Å². The van der Waals surface area contributed by atoms with Gasteiger partial charge >= 0.3 is 0 Å². The highest BCUT2D eigenvalue weighted by molar-refractivity contribution is 9.09. The van der Waals surface area contributed by atoms with E-state index in [1.807, 2.05) is 0 Å². The molecule has 0 amide bonds. The molecule has 1 aliphatic heterocycles. The van der Waals surface area contributed by atoms with Gasteiger partial charge in [-0.25, -0.2) is 0 Å². The van der Waals surface area contributed by atoms with E-state index in [2.05, 4.69) is 41.1 Å². The summed E-state index contributed by atoms with van der Waals surface area (Å²) in [5.41, 5.74) is 2.76. The summed E-state index contributed by atoms with van der Waals surface area (Å²) in [5.74, 6) is 1.16. The van der Waals surface area contributed by atoms with Gasteiger partial charge in [0, 0.05) is 11.2 Å². The molecule has 0 saturated carbocycles. The van der Waals surface area contributed by atoms with Crippen molar-refractivity contribution < 1.29 is 4.74 Å². The molecule has 2 rings (SSSR count). The summed E-state index contributed by atoms with van der Waals surface area (Å²) in [6.45, 7) is 3.07. The molecule has 1 nitrogen and oxygen atoms in total. The second-order valence-corrected chi connectivity index (χ2v) is 5.34. The predicted molar refractivity (Wildman–Crippen MR) is 67.0 cm³/mol. The van der Waals surface area contributed by atoms with E-state index in [4.69, 9.17) is 4.74 Å². The monoisotopic (exact) mass is 268 g/mol. The maximum Gasteiger partial charge on any atom is 0.125 e. The molecule has 0 spiro atoms. The Labute approximate surface area is 100.0 Å². The number of halogens is 1. The van der Waals surface area contributed by atoms with Crippen LogP contribution in [0.4, 0.5) is 0 Å². The highest BCUT2D eigenvalue weighted by Gasteiger charge is 2.15. The largest absolute Gasteiger partial charge is 0.493 e. The molecule has 0 saturated heterocycles. The van der Waals surface area contributed by atoms with Crippen LogP contribution in [0.25, 0.3) is 0 Å². The molecule has 1 aromatic carbocycles. The average molecular weight is 269 g/mol. The standard InChI is InChI=1S/C13H17BrO/c1-2-12(14)7-6-10-4-3-5-11-8-9-15-13(10)11/h3-5,12H,2,6-9H2,1H3. The van der Waals surface area contributed by atoms with Gasteiger partial charge in [-0.15, -0.1) is 0 Å². The molecule has 0 N–H and O–H groups in total. The molecule has 1 atom stereocenters. The molecule has 1 aliphatic rings. The normalized spacial score (nSPS) is 15.9. The number of para-hydroxylation sites is 1. The molecule has 0 bridgehead atoms. The second-order valence-electron chi connectivity index (χ2n) is 4.05. The number of alkyl halides is 1. The van der Waals surface area contributed by atoms with E-state index in [0.717, 1.165) is 25.2 Å². The summed E-state index contributed by atoms with van der Waals surface area (Å²) in [6.07, 6.45) is 4.58. The van der Waals surface area contributed by atoms with E-state index in [0.29, 0.717) is 4.83 Å². The molecule has 2 heteroatoms. The number of hydrogen-bond donors (Lipinski definition) is 0. The van der Waals surface area contributed by atoms with Crippen molar-refractivity contribution in [1.29, 1.82) is 0 Å². The van der Waals surface area contributed by atoms with E-state index >= 15 is 0 Å². The molecule has 82 valence electrons. The van der Waals surface area contributed by atoms with Crippen LogP contribution in [0.3, 0.4) is 0 Å². The number of ether oxygens (including phenoxy) is 1. The smallest absolute Gasteiger partial charge is 0.125 e. The van der Waals surface area contributed by atoms with E-state index in [1.54, 1.807) is 0 Å². The molecular weight excluding hydrogens is 252 g/mol. The maximum absolute atomic E-state index is 5.68. The lowest BCUT2D eigenvalue weighted by atomic mass is 10.0. The molecule has 0 aliphatic carbocycles. The van der Waals surface area contributed by atoms with Gasteiger partial charge in [0.2, 0.25) is 0 Å². The summed E-state index contributed by atoms with van der Waals surface area (Å²) in [4.78, 5) is 0.634. The fourth-order valence-electron chi connectivity index (χ4n) is 2.00. The van der Waals surface area contributed by atoms with Gasteiger partial charge in [0.25, 0.3) is 0 Å². The SMILES string of the molecule is CCC(Br)CCc1cccc2c1OCC2. The third kappa shape index (κ3) is 2.54. The van der Waals surface area contributed by atoms with Crippen LogP contribution in [0, 0.1) is 0 Å². The Hall–Kier alpha value is -0.500. The van der Waals surface area contributed by atoms with Crippen molar-refractivity contribution in [2.24, 2.45) is 0 Å². The van der Waals surface area contributed by atoms with Crippen LogP contribution in [-0.2, 0) is 12.8 Å². The van der Waals surface area contributed by atoms with Gasteiger partial charge in [-0.3, -0.25) is 0 Å². The van der Waals surface area contributed by atoms with Crippen LogP contribution in [0.15, 0.2) is 18.2 Å². The molecular formula is C13H17BrO. The number of rotatable bonds is 4. The zero-order chi connectivity index (χ0) is 10.7. The van der Waals surface area contributed by atoms with Crippen LogP contribution in [0.2, 0.25) is 0 Å². The van der Waals surface area contributed by atoms with Crippen molar-refractivity contribution in [3.05, 3.63) is 29.3 Å². The topological polar surface area (TPSA) is 9.23 Å². The summed E-state index contributed by atoms with van der Waals surface area (Å²) >= 11 is 3.67. The Balaban J connectivity index is 2.06. The first-order valence-corrected chi connectivity index (χ1v) is 6.60. The van der Waals surface area contributed by atoms with Crippen molar-refractivity contribution in [2.45, 2.75) is 37.4 Å². The van der Waals surface area contributed by atoms with Gasteiger partial charge < -0.3 is 4.74 Å². The maximum atomic E-state index is 5.68. The first-order chi connectivity index (χ1) is 7.31. The number of fused-ring (bicyclic) bond motifs is 1. The number of aryl methyl sites for hydroxylation is 1. The molecule has 0 aromatic heterocycles. The zero-order valence-corrected chi connectivity index (χ0v) is 10.7. The van der Waals surface area contributed by atoms with Gasteiger partial charge in [-0.05, 0) is 30.4 Å². The van der Waals surface area contributed by atoms with Crippen molar-refractivity contribution in [3.63, 3.8) is 0 Å².